The summed E-state index contributed by atoms with van der Waals surface area (Å²) in [7, 11) is 0. The summed E-state index contributed by atoms with van der Waals surface area (Å²) in [6.07, 6.45) is 2.28. The molecule has 0 spiro atoms. The largest absolute Gasteiger partial charge is 0.371 e. The number of piperazine rings is 1. The average Bonchev–Trinajstić information content (AvgIpc) is 3.29. The lowest BCUT2D eigenvalue weighted by molar-refractivity contribution is 0.0533. The molecule has 2 aliphatic heterocycles. The van der Waals surface area contributed by atoms with E-state index < -0.39 is 11.7 Å². The fraction of sp³-hybridized carbons (Fsp3) is 0.391. The SMILES string of the molecule is Cc1ccc(N2CCCC2)c(C(=O)N2CCN(C(=O)c3cc(Cl)ccc3F)CC2)c1. The molecule has 2 fully saturated rings. The molecule has 7 heteroatoms. The first kappa shape index (κ1) is 20.7. The van der Waals surface area contributed by atoms with Crippen LogP contribution in [0.15, 0.2) is 36.4 Å². The third kappa shape index (κ3) is 4.15. The summed E-state index contributed by atoms with van der Waals surface area (Å²) in [5.74, 6) is -0.991. The Kier molecular flexibility index (Phi) is 5.95. The van der Waals surface area contributed by atoms with Gasteiger partial charge in [-0.2, -0.15) is 0 Å². The van der Waals surface area contributed by atoms with E-state index in [-0.39, 0.29) is 11.5 Å². The second-order valence-electron chi connectivity index (χ2n) is 7.92. The van der Waals surface area contributed by atoms with Crippen LogP contribution in [0.4, 0.5) is 10.1 Å². The molecule has 0 unspecified atom stereocenters. The second-order valence-corrected chi connectivity index (χ2v) is 8.36. The van der Waals surface area contributed by atoms with Crippen LogP contribution < -0.4 is 4.90 Å². The number of anilines is 1. The number of amides is 2. The van der Waals surface area contributed by atoms with E-state index in [0.29, 0.717) is 31.2 Å². The highest BCUT2D eigenvalue weighted by Gasteiger charge is 2.29. The predicted octanol–water partition coefficient (Wildman–Crippen LogP) is 3.99. The van der Waals surface area contributed by atoms with E-state index in [0.717, 1.165) is 42.7 Å². The van der Waals surface area contributed by atoms with E-state index in [9.17, 15) is 14.0 Å². The molecule has 2 aromatic carbocycles. The van der Waals surface area contributed by atoms with E-state index in [1.165, 1.54) is 18.2 Å². The van der Waals surface area contributed by atoms with Crippen LogP contribution in [0, 0.1) is 12.7 Å². The molecule has 0 bridgehead atoms. The second kappa shape index (κ2) is 8.64. The Bertz CT molecular complexity index is 967. The predicted molar refractivity (Wildman–Crippen MR) is 116 cm³/mol. The molecule has 158 valence electrons. The Hall–Kier alpha value is -2.60. The average molecular weight is 430 g/mol. The van der Waals surface area contributed by atoms with Gasteiger partial charge >= 0.3 is 0 Å². The van der Waals surface area contributed by atoms with Crippen LogP contribution in [0.5, 0.6) is 0 Å². The molecule has 2 amide bonds. The van der Waals surface area contributed by atoms with Gasteiger partial charge in [0.15, 0.2) is 0 Å². The fourth-order valence-corrected chi connectivity index (χ4v) is 4.34. The normalized spacial score (nSPS) is 16.8. The van der Waals surface area contributed by atoms with Crippen LogP contribution in [-0.4, -0.2) is 60.9 Å². The molecular formula is C23H25ClFN3O2. The van der Waals surface area contributed by atoms with Crippen molar-refractivity contribution in [1.82, 2.24) is 9.80 Å². The minimum atomic E-state index is -0.585. The van der Waals surface area contributed by atoms with Gasteiger partial charge in [0, 0.05) is 50.0 Å². The van der Waals surface area contributed by atoms with Gasteiger partial charge < -0.3 is 14.7 Å². The van der Waals surface area contributed by atoms with Gasteiger partial charge in [-0.1, -0.05) is 23.2 Å². The molecule has 0 radical (unpaired) electrons. The number of rotatable bonds is 3. The number of halogens is 2. The summed E-state index contributed by atoms with van der Waals surface area (Å²) in [4.78, 5) is 31.6. The third-order valence-corrected chi connectivity index (χ3v) is 6.08. The Morgan fingerprint density at radius 3 is 2.07 bits per heavy atom. The number of nitrogens with zero attached hydrogens (tertiary/aromatic N) is 3. The molecule has 2 aliphatic rings. The first-order valence-electron chi connectivity index (χ1n) is 10.3. The van der Waals surface area contributed by atoms with Crippen molar-refractivity contribution in [1.29, 1.82) is 0 Å². The summed E-state index contributed by atoms with van der Waals surface area (Å²) < 4.78 is 14.1. The fourth-order valence-electron chi connectivity index (χ4n) is 4.17. The maximum absolute atomic E-state index is 14.1. The van der Waals surface area contributed by atoms with Crippen LogP contribution in [0.25, 0.3) is 0 Å². The minimum absolute atomic E-state index is 0.0124. The molecule has 30 heavy (non-hydrogen) atoms. The molecular weight excluding hydrogens is 405 g/mol. The summed E-state index contributed by atoms with van der Waals surface area (Å²) >= 11 is 5.92. The Balaban J connectivity index is 1.47. The van der Waals surface area contributed by atoms with E-state index in [2.05, 4.69) is 4.90 Å². The summed E-state index contributed by atoms with van der Waals surface area (Å²) in [6, 6.07) is 10.0. The highest BCUT2D eigenvalue weighted by Crippen LogP contribution is 2.27. The number of hydrogen-bond donors (Lipinski definition) is 0. The molecule has 0 aromatic heterocycles. The Morgan fingerprint density at radius 2 is 1.43 bits per heavy atom. The minimum Gasteiger partial charge on any atom is -0.371 e. The molecule has 0 atom stereocenters. The number of aryl methyl sites for hydroxylation is 1. The zero-order valence-electron chi connectivity index (χ0n) is 17.0. The lowest BCUT2D eigenvalue weighted by Gasteiger charge is -2.35. The van der Waals surface area contributed by atoms with Crippen LogP contribution in [0.1, 0.15) is 39.1 Å². The van der Waals surface area contributed by atoms with Crippen molar-refractivity contribution in [3.63, 3.8) is 0 Å². The standard InChI is InChI=1S/C23H25ClFN3O2/c1-16-4-7-21(26-8-2-3-9-26)19(14-16)23(30)28-12-10-27(11-13-28)22(29)18-15-17(24)5-6-20(18)25/h4-7,14-15H,2-3,8-13H2,1H3. The van der Waals surface area contributed by atoms with Gasteiger partial charge in [0.2, 0.25) is 0 Å². The van der Waals surface area contributed by atoms with Crippen molar-refractivity contribution in [2.75, 3.05) is 44.2 Å². The molecule has 5 nitrogen and oxygen atoms in total. The number of carbonyl (C=O) groups excluding carboxylic acids is 2. The van der Waals surface area contributed by atoms with Crippen molar-refractivity contribution >= 4 is 29.1 Å². The van der Waals surface area contributed by atoms with Crippen LogP contribution in [0.3, 0.4) is 0 Å². The van der Waals surface area contributed by atoms with E-state index in [4.69, 9.17) is 11.6 Å². The van der Waals surface area contributed by atoms with Gasteiger partial charge in [-0.25, -0.2) is 4.39 Å². The van der Waals surface area contributed by atoms with Crippen molar-refractivity contribution in [3.8, 4) is 0 Å². The quantitative estimate of drug-likeness (QED) is 0.741. The lowest BCUT2D eigenvalue weighted by Crippen LogP contribution is -2.51. The Labute approximate surface area is 181 Å². The highest BCUT2D eigenvalue weighted by molar-refractivity contribution is 6.31. The van der Waals surface area contributed by atoms with E-state index in [1.54, 1.807) is 9.80 Å². The lowest BCUT2D eigenvalue weighted by atomic mass is 10.1. The number of benzene rings is 2. The van der Waals surface area contributed by atoms with Gasteiger partial charge in [0.05, 0.1) is 11.1 Å². The maximum atomic E-state index is 14.1. The topological polar surface area (TPSA) is 43.9 Å². The first-order valence-corrected chi connectivity index (χ1v) is 10.7. The highest BCUT2D eigenvalue weighted by atomic mass is 35.5. The van der Waals surface area contributed by atoms with Crippen LogP contribution in [-0.2, 0) is 0 Å². The molecule has 0 saturated carbocycles. The monoisotopic (exact) mass is 429 g/mol. The van der Waals surface area contributed by atoms with E-state index in [1.807, 2.05) is 25.1 Å². The first-order chi connectivity index (χ1) is 14.4. The molecule has 4 rings (SSSR count). The van der Waals surface area contributed by atoms with Crippen molar-refractivity contribution < 1.29 is 14.0 Å². The molecule has 2 saturated heterocycles. The van der Waals surface area contributed by atoms with Gasteiger partial charge in [-0.3, -0.25) is 9.59 Å². The third-order valence-electron chi connectivity index (χ3n) is 5.84. The zero-order chi connectivity index (χ0) is 21.3. The smallest absolute Gasteiger partial charge is 0.257 e. The van der Waals surface area contributed by atoms with Crippen LogP contribution >= 0.6 is 11.6 Å². The van der Waals surface area contributed by atoms with Crippen molar-refractivity contribution in [2.45, 2.75) is 19.8 Å². The molecule has 0 N–H and O–H groups in total. The van der Waals surface area contributed by atoms with Crippen molar-refractivity contribution in [3.05, 3.63) is 63.9 Å². The summed E-state index contributed by atoms with van der Waals surface area (Å²) in [6.45, 7) is 5.48. The maximum Gasteiger partial charge on any atom is 0.257 e. The van der Waals surface area contributed by atoms with Gasteiger partial charge in [0.1, 0.15) is 5.82 Å². The molecule has 2 aromatic rings. The Morgan fingerprint density at radius 1 is 0.833 bits per heavy atom. The van der Waals surface area contributed by atoms with Crippen molar-refractivity contribution in [2.24, 2.45) is 0 Å². The molecule has 2 heterocycles. The van der Waals surface area contributed by atoms with Gasteiger partial charge in [-0.05, 0) is 50.1 Å². The summed E-state index contributed by atoms with van der Waals surface area (Å²) in [5, 5.41) is 0.322. The van der Waals surface area contributed by atoms with Gasteiger partial charge in [0.25, 0.3) is 11.8 Å². The zero-order valence-corrected chi connectivity index (χ0v) is 17.8. The van der Waals surface area contributed by atoms with E-state index >= 15 is 0 Å². The number of hydrogen-bond acceptors (Lipinski definition) is 3. The van der Waals surface area contributed by atoms with Crippen LogP contribution in [0.2, 0.25) is 5.02 Å². The molecule has 0 aliphatic carbocycles. The summed E-state index contributed by atoms with van der Waals surface area (Å²) in [5.41, 5.74) is 2.73. The van der Waals surface area contributed by atoms with Gasteiger partial charge in [-0.15, -0.1) is 0 Å². The number of carbonyl (C=O) groups is 2.